The monoisotopic (exact) mass is 538 g/mol. The molecule has 1 heterocycles. The second-order valence-corrected chi connectivity index (χ2v) is 9.48. The third-order valence-electron chi connectivity index (χ3n) is 6.63. The highest BCUT2D eigenvalue weighted by molar-refractivity contribution is 6.31. The van der Waals surface area contributed by atoms with Crippen LogP contribution in [0.25, 0.3) is 0 Å². The number of carbonyl (C=O) groups excluding carboxylic acids is 2. The number of ether oxygens (including phenoxy) is 1. The fourth-order valence-corrected chi connectivity index (χ4v) is 4.76. The molecule has 1 unspecified atom stereocenters. The van der Waals surface area contributed by atoms with Gasteiger partial charge in [0.05, 0.1) is 11.6 Å². The van der Waals surface area contributed by atoms with Crippen molar-refractivity contribution in [3.05, 3.63) is 101 Å². The van der Waals surface area contributed by atoms with Crippen LogP contribution >= 0.6 is 11.6 Å². The van der Waals surface area contributed by atoms with Crippen LogP contribution in [0.4, 0.5) is 10.1 Å². The number of anilines is 1. The average molecular weight is 539 g/mol. The number of ketones is 1. The van der Waals surface area contributed by atoms with Crippen LogP contribution in [-0.4, -0.2) is 42.4 Å². The summed E-state index contributed by atoms with van der Waals surface area (Å²) in [6, 6.07) is 22.4. The molecule has 1 N–H and O–H groups in total. The standard InChI is InChI=1S/C29H30ClFN2O3.C2H6/c1-2-20-15-16-33(18-26(34)22-13-14-25(31)24(30)17-22)19-27(20)36-29(35)28(21-9-5-3-6-10-21)32-23-11-7-4-8-12-23;1-2/h3-14,17,20,27-28,32H,2,15-16,18-19H2,1H3;1-2H3/t20?,27-,28+;/m0./s1. The van der Waals surface area contributed by atoms with Crippen LogP contribution in [0.15, 0.2) is 78.9 Å². The molecule has 38 heavy (non-hydrogen) atoms. The lowest BCUT2D eigenvalue weighted by Gasteiger charge is -2.38. The predicted octanol–water partition coefficient (Wildman–Crippen LogP) is 7.19. The largest absolute Gasteiger partial charge is 0.459 e. The second kappa shape index (κ2) is 14.6. The molecule has 3 aromatic carbocycles. The number of hydrogen-bond acceptors (Lipinski definition) is 5. The number of piperidine rings is 1. The molecular formula is C31H36ClFN2O3. The van der Waals surface area contributed by atoms with E-state index in [1.807, 2.05) is 79.4 Å². The maximum absolute atomic E-state index is 13.5. The van der Waals surface area contributed by atoms with E-state index < -0.39 is 11.9 Å². The number of Topliss-reactive ketones (excluding diaryl/α,β-unsaturated/α-hetero) is 1. The predicted molar refractivity (Wildman–Crippen MR) is 151 cm³/mol. The molecule has 202 valence electrons. The molecule has 3 aromatic rings. The Morgan fingerprint density at radius 2 is 1.71 bits per heavy atom. The number of halogens is 2. The van der Waals surface area contributed by atoms with Gasteiger partial charge in [0.25, 0.3) is 0 Å². The molecule has 0 radical (unpaired) electrons. The number of hydrogen-bond donors (Lipinski definition) is 1. The van der Waals surface area contributed by atoms with Crippen molar-refractivity contribution in [1.29, 1.82) is 0 Å². The number of benzene rings is 3. The van der Waals surface area contributed by atoms with E-state index in [4.69, 9.17) is 16.3 Å². The molecular weight excluding hydrogens is 503 g/mol. The third kappa shape index (κ3) is 7.89. The maximum atomic E-state index is 13.5. The van der Waals surface area contributed by atoms with E-state index in [0.29, 0.717) is 12.1 Å². The molecule has 1 fully saturated rings. The minimum Gasteiger partial charge on any atom is -0.459 e. The molecule has 0 amide bonds. The zero-order valence-electron chi connectivity index (χ0n) is 22.2. The highest BCUT2D eigenvalue weighted by Crippen LogP contribution is 2.28. The van der Waals surface area contributed by atoms with E-state index in [2.05, 4.69) is 12.2 Å². The Kier molecular flexibility index (Phi) is 11.3. The molecule has 0 aromatic heterocycles. The normalized spacial score (nSPS) is 18.0. The second-order valence-electron chi connectivity index (χ2n) is 9.07. The minimum absolute atomic E-state index is 0.0739. The molecule has 1 aliphatic rings. The number of esters is 1. The van der Waals surface area contributed by atoms with Crippen molar-refractivity contribution < 1.29 is 18.7 Å². The van der Waals surface area contributed by atoms with Crippen LogP contribution in [0.1, 0.15) is 55.6 Å². The van der Waals surface area contributed by atoms with E-state index in [0.717, 1.165) is 30.6 Å². The Morgan fingerprint density at radius 3 is 2.34 bits per heavy atom. The van der Waals surface area contributed by atoms with Gasteiger partial charge in [0.1, 0.15) is 11.9 Å². The van der Waals surface area contributed by atoms with Gasteiger partial charge in [0, 0.05) is 17.8 Å². The van der Waals surface area contributed by atoms with Gasteiger partial charge in [-0.05, 0) is 61.2 Å². The summed E-state index contributed by atoms with van der Waals surface area (Å²) in [6.07, 6.45) is 1.34. The number of carbonyl (C=O) groups is 2. The highest BCUT2D eigenvalue weighted by Gasteiger charge is 2.34. The summed E-state index contributed by atoms with van der Waals surface area (Å²) in [6.45, 7) is 7.41. The van der Waals surface area contributed by atoms with Crippen LogP contribution < -0.4 is 5.32 Å². The molecule has 0 bridgehead atoms. The molecule has 5 nitrogen and oxygen atoms in total. The summed E-state index contributed by atoms with van der Waals surface area (Å²) in [5.41, 5.74) is 2.00. The lowest BCUT2D eigenvalue weighted by Crippen LogP contribution is -2.48. The summed E-state index contributed by atoms with van der Waals surface area (Å²) in [5.74, 6) is -0.855. The third-order valence-corrected chi connectivity index (χ3v) is 6.92. The molecule has 7 heteroatoms. The van der Waals surface area contributed by atoms with Gasteiger partial charge in [-0.15, -0.1) is 0 Å². The van der Waals surface area contributed by atoms with Crippen molar-refractivity contribution in [2.24, 2.45) is 5.92 Å². The Hall–Kier alpha value is -3.22. The molecule has 3 atom stereocenters. The number of rotatable bonds is 9. The lowest BCUT2D eigenvalue weighted by atomic mass is 9.91. The van der Waals surface area contributed by atoms with Gasteiger partial charge in [0.15, 0.2) is 11.8 Å². The fraction of sp³-hybridized carbons (Fsp3) is 0.355. The number of nitrogens with one attached hydrogen (secondary N) is 1. The van der Waals surface area contributed by atoms with Gasteiger partial charge >= 0.3 is 5.97 Å². The SMILES string of the molecule is CC.CCC1CCN(CC(=O)c2ccc(F)c(Cl)c2)C[C@@H]1OC(=O)[C@H](Nc1ccccc1)c1ccccc1. The smallest absolute Gasteiger partial charge is 0.333 e. The summed E-state index contributed by atoms with van der Waals surface area (Å²) >= 11 is 5.85. The van der Waals surface area contributed by atoms with Gasteiger partial charge < -0.3 is 10.1 Å². The molecule has 0 saturated carbocycles. The van der Waals surface area contributed by atoms with Crippen molar-refractivity contribution in [2.45, 2.75) is 45.8 Å². The first-order valence-corrected chi connectivity index (χ1v) is 13.6. The molecule has 0 spiro atoms. The molecule has 1 aliphatic heterocycles. The Morgan fingerprint density at radius 1 is 1.05 bits per heavy atom. The Labute approximate surface area is 230 Å². The Balaban J connectivity index is 0.00000195. The summed E-state index contributed by atoms with van der Waals surface area (Å²) < 4.78 is 19.6. The molecule has 4 rings (SSSR count). The van der Waals surface area contributed by atoms with Crippen LogP contribution in [0.2, 0.25) is 5.02 Å². The van der Waals surface area contributed by atoms with Crippen molar-refractivity contribution in [3.8, 4) is 0 Å². The fourth-order valence-electron chi connectivity index (χ4n) is 4.58. The lowest BCUT2D eigenvalue weighted by molar-refractivity contribution is -0.156. The maximum Gasteiger partial charge on any atom is 0.333 e. The van der Waals surface area contributed by atoms with Gasteiger partial charge in [-0.3, -0.25) is 9.69 Å². The van der Waals surface area contributed by atoms with Crippen LogP contribution in [0, 0.1) is 11.7 Å². The number of nitrogens with zero attached hydrogens (tertiary/aromatic N) is 1. The van der Waals surface area contributed by atoms with Crippen molar-refractivity contribution in [1.82, 2.24) is 4.90 Å². The molecule has 1 saturated heterocycles. The first-order valence-electron chi connectivity index (χ1n) is 13.2. The van der Waals surface area contributed by atoms with Crippen LogP contribution in [0.5, 0.6) is 0 Å². The van der Waals surface area contributed by atoms with Gasteiger partial charge in [-0.2, -0.15) is 0 Å². The van der Waals surface area contributed by atoms with Gasteiger partial charge in [-0.1, -0.05) is 80.9 Å². The first kappa shape index (κ1) is 29.3. The summed E-state index contributed by atoms with van der Waals surface area (Å²) in [4.78, 5) is 28.3. The van der Waals surface area contributed by atoms with Crippen molar-refractivity contribution >= 4 is 29.0 Å². The van der Waals surface area contributed by atoms with Crippen LogP contribution in [0.3, 0.4) is 0 Å². The van der Waals surface area contributed by atoms with Gasteiger partial charge in [0.2, 0.25) is 0 Å². The van der Waals surface area contributed by atoms with E-state index >= 15 is 0 Å². The zero-order chi connectivity index (χ0) is 27.5. The van der Waals surface area contributed by atoms with E-state index in [-0.39, 0.29) is 35.3 Å². The zero-order valence-corrected chi connectivity index (χ0v) is 23.0. The van der Waals surface area contributed by atoms with E-state index in [1.165, 1.54) is 18.2 Å². The number of para-hydroxylation sites is 1. The summed E-state index contributed by atoms with van der Waals surface area (Å²) in [5, 5.41) is 3.23. The van der Waals surface area contributed by atoms with Gasteiger partial charge in [-0.25, -0.2) is 9.18 Å². The highest BCUT2D eigenvalue weighted by atomic mass is 35.5. The topological polar surface area (TPSA) is 58.6 Å². The summed E-state index contributed by atoms with van der Waals surface area (Å²) in [7, 11) is 0. The van der Waals surface area contributed by atoms with E-state index in [9.17, 15) is 14.0 Å². The quantitative estimate of drug-likeness (QED) is 0.231. The minimum atomic E-state index is -0.663. The average Bonchev–Trinajstić information content (AvgIpc) is 2.95. The van der Waals surface area contributed by atoms with Crippen molar-refractivity contribution in [2.75, 3.05) is 25.0 Å². The van der Waals surface area contributed by atoms with Crippen LogP contribution in [-0.2, 0) is 9.53 Å². The first-order chi connectivity index (χ1) is 18.4. The number of likely N-dealkylation sites (tertiary alicyclic amines) is 1. The van der Waals surface area contributed by atoms with E-state index in [1.54, 1.807) is 0 Å². The van der Waals surface area contributed by atoms with Crippen molar-refractivity contribution in [3.63, 3.8) is 0 Å². The molecule has 0 aliphatic carbocycles. The Bertz CT molecular complexity index is 1180.